The lowest BCUT2D eigenvalue weighted by Crippen LogP contribution is -2.30. The summed E-state index contributed by atoms with van der Waals surface area (Å²) in [6, 6.07) is 6.14. The highest BCUT2D eigenvalue weighted by molar-refractivity contribution is 5.45. The summed E-state index contributed by atoms with van der Waals surface area (Å²) in [5, 5.41) is 9.74. The van der Waals surface area contributed by atoms with E-state index in [2.05, 4.69) is 6.07 Å². The Balaban J connectivity index is 2.08. The van der Waals surface area contributed by atoms with Gasteiger partial charge in [0, 0.05) is 12.0 Å². The van der Waals surface area contributed by atoms with Gasteiger partial charge in [0.05, 0.1) is 25.4 Å². The SMILES string of the molecule is COc1cccc2c1CCCC21CC(O)CO1. The third kappa shape index (κ3) is 1.65. The quantitative estimate of drug-likeness (QED) is 0.807. The molecule has 1 aromatic rings. The van der Waals surface area contributed by atoms with Gasteiger partial charge in [-0.2, -0.15) is 0 Å². The van der Waals surface area contributed by atoms with E-state index in [-0.39, 0.29) is 11.7 Å². The van der Waals surface area contributed by atoms with Crippen molar-refractivity contribution in [2.75, 3.05) is 13.7 Å². The van der Waals surface area contributed by atoms with Gasteiger partial charge in [-0.1, -0.05) is 12.1 Å². The summed E-state index contributed by atoms with van der Waals surface area (Å²) in [5.41, 5.74) is 2.22. The average Bonchev–Trinajstić information content (AvgIpc) is 2.71. The van der Waals surface area contributed by atoms with Crippen molar-refractivity contribution in [1.29, 1.82) is 0 Å². The highest BCUT2D eigenvalue weighted by Crippen LogP contribution is 2.47. The molecular formula is C14H18O3. The number of rotatable bonds is 1. The second kappa shape index (κ2) is 4.00. The van der Waals surface area contributed by atoms with Crippen molar-refractivity contribution in [3.63, 3.8) is 0 Å². The van der Waals surface area contributed by atoms with Crippen LogP contribution in [-0.2, 0) is 16.8 Å². The molecule has 1 aliphatic carbocycles. The van der Waals surface area contributed by atoms with E-state index in [1.54, 1.807) is 7.11 Å². The molecule has 2 aliphatic rings. The first-order valence-electron chi connectivity index (χ1n) is 6.23. The van der Waals surface area contributed by atoms with E-state index in [0.717, 1.165) is 25.0 Å². The minimum absolute atomic E-state index is 0.262. The Hall–Kier alpha value is -1.06. The van der Waals surface area contributed by atoms with Crippen LogP contribution in [0.15, 0.2) is 18.2 Å². The predicted octanol–water partition coefficient (Wildman–Crippen LogP) is 2.01. The van der Waals surface area contributed by atoms with Gasteiger partial charge in [-0.05, 0) is 30.9 Å². The molecular weight excluding hydrogens is 216 g/mol. The zero-order chi connectivity index (χ0) is 11.9. The number of methoxy groups -OCH3 is 1. The van der Waals surface area contributed by atoms with E-state index in [0.29, 0.717) is 13.0 Å². The van der Waals surface area contributed by atoms with Crippen molar-refractivity contribution in [2.45, 2.75) is 37.4 Å². The van der Waals surface area contributed by atoms with Crippen LogP contribution in [0.3, 0.4) is 0 Å². The molecule has 0 bridgehead atoms. The first-order valence-corrected chi connectivity index (χ1v) is 6.23. The van der Waals surface area contributed by atoms with Crippen LogP contribution in [0.1, 0.15) is 30.4 Å². The van der Waals surface area contributed by atoms with Crippen LogP contribution < -0.4 is 4.74 Å². The number of hydrogen-bond acceptors (Lipinski definition) is 3. The van der Waals surface area contributed by atoms with E-state index < -0.39 is 0 Å². The van der Waals surface area contributed by atoms with E-state index in [9.17, 15) is 5.11 Å². The molecule has 17 heavy (non-hydrogen) atoms. The molecule has 1 aromatic carbocycles. The van der Waals surface area contributed by atoms with Crippen LogP contribution in [0.5, 0.6) is 5.75 Å². The van der Waals surface area contributed by atoms with Crippen molar-refractivity contribution in [3.8, 4) is 5.75 Å². The topological polar surface area (TPSA) is 38.7 Å². The Kier molecular flexibility index (Phi) is 2.60. The molecule has 1 spiro atoms. The normalized spacial score (nSPS) is 31.5. The summed E-state index contributed by atoms with van der Waals surface area (Å²) in [7, 11) is 1.71. The minimum atomic E-state index is -0.327. The second-order valence-corrected chi connectivity index (χ2v) is 5.00. The molecule has 3 heteroatoms. The highest BCUT2D eigenvalue weighted by Gasteiger charge is 2.44. The lowest BCUT2D eigenvalue weighted by molar-refractivity contribution is -0.0163. The third-order valence-electron chi connectivity index (χ3n) is 3.97. The Bertz CT molecular complexity index is 429. The fourth-order valence-corrected chi connectivity index (χ4v) is 3.24. The molecule has 0 amide bonds. The molecule has 1 N–H and O–H groups in total. The number of hydrogen-bond donors (Lipinski definition) is 1. The van der Waals surface area contributed by atoms with E-state index in [4.69, 9.17) is 9.47 Å². The van der Waals surface area contributed by atoms with Crippen molar-refractivity contribution >= 4 is 0 Å². The number of fused-ring (bicyclic) bond motifs is 2. The smallest absolute Gasteiger partial charge is 0.122 e. The van der Waals surface area contributed by atoms with Gasteiger partial charge < -0.3 is 14.6 Å². The largest absolute Gasteiger partial charge is 0.496 e. The molecule has 1 saturated heterocycles. The maximum absolute atomic E-state index is 9.74. The Morgan fingerprint density at radius 2 is 2.35 bits per heavy atom. The molecule has 1 aliphatic heterocycles. The average molecular weight is 234 g/mol. The fraction of sp³-hybridized carbons (Fsp3) is 0.571. The van der Waals surface area contributed by atoms with E-state index >= 15 is 0 Å². The molecule has 0 saturated carbocycles. The lowest BCUT2D eigenvalue weighted by atomic mass is 9.77. The Morgan fingerprint density at radius 3 is 3.06 bits per heavy atom. The Labute approximate surface area is 101 Å². The van der Waals surface area contributed by atoms with E-state index in [1.165, 1.54) is 11.1 Å². The molecule has 0 aromatic heterocycles. The molecule has 3 nitrogen and oxygen atoms in total. The van der Waals surface area contributed by atoms with Crippen LogP contribution in [0.2, 0.25) is 0 Å². The van der Waals surface area contributed by atoms with Crippen LogP contribution in [0.4, 0.5) is 0 Å². The zero-order valence-corrected chi connectivity index (χ0v) is 10.1. The summed E-state index contributed by atoms with van der Waals surface area (Å²) in [6.07, 6.45) is 3.53. The molecule has 92 valence electrons. The van der Waals surface area contributed by atoms with Crippen molar-refractivity contribution < 1.29 is 14.6 Å². The van der Waals surface area contributed by atoms with Gasteiger partial charge in [-0.3, -0.25) is 0 Å². The van der Waals surface area contributed by atoms with E-state index in [1.807, 2.05) is 12.1 Å². The fourth-order valence-electron chi connectivity index (χ4n) is 3.24. The van der Waals surface area contributed by atoms with Gasteiger partial charge in [0.25, 0.3) is 0 Å². The maximum atomic E-state index is 9.74. The van der Waals surface area contributed by atoms with Gasteiger partial charge in [0.1, 0.15) is 5.75 Å². The lowest BCUT2D eigenvalue weighted by Gasteiger charge is -2.35. The van der Waals surface area contributed by atoms with Gasteiger partial charge in [0.2, 0.25) is 0 Å². The highest BCUT2D eigenvalue weighted by atomic mass is 16.5. The zero-order valence-electron chi connectivity index (χ0n) is 10.1. The van der Waals surface area contributed by atoms with Crippen LogP contribution in [-0.4, -0.2) is 24.9 Å². The molecule has 1 heterocycles. The summed E-state index contributed by atoms with van der Waals surface area (Å²) < 4.78 is 11.3. The molecule has 2 atom stereocenters. The van der Waals surface area contributed by atoms with Crippen molar-refractivity contribution in [3.05, 3.63) is 29.3 Å². The number of aliphatic hydroxyl groups excluding tert-OH is 1. The monoisotopic (exact) mass is 234 g/mol. The van der Waals surface area contributed by atoms with Gasteiger partial charge in [0.15, 0.2) is 0 Å². The van der Waals surface area contributed by atoms with Gasteiger partial charge in [-0.15, -0.1) is 0 Å². The van der Waals surface area contributed by atoms with Crippen LogP contribution in [0.25, 0.3) is 0 Å². The maximum Gasteiger partial charge on any atom is 0.122 e. The summed E-state index contributed by atoms with van der Waals surface area (Å²) in [5.74, 6) is 0.951. The number of ether oxygens (including phenoxy) is 2. The molecule has 2 unspecified atom stereocenters. The standard InChI is InChI=1S/C14H18O3/c1-16-13-6-2-5-12-11(13)4-3-7-14(12)8-10(15)9-17-14/h2,5-6,10,15H,3-4,7-9H2,1H3. The first kappa shape index (κ1) is 11.1. The minimum Gasteiger partial charge on any atom is -0.496 e. The van der Waals surface area contributed by atoms with Crippen LogP contribution >= 0.6 is 0 Å². The number of benzene rings is 1. The second-order valence-electron chi connectivity index (χ2n) is 5.00. The van der Waals surface area contributed by atoms with Crippen LogP contribution in [0, 0.1) is 0 Å². The third-order valence-corrected chi connectivity index (χ3v) is 3.97. The first-order chi connectivity index (χ1) is 8.25. The molecule has 0 radical (unpaired) electrons. The predicted molar refractivity (Wildman–Crippen MR) is 64.2 cm³/mol. The summed E-state index contributed by atoms with van der Waals surface area (Å²) in [6.45, 7) is 0.455. The molecule has 1 fully saturated rings. The summed E-state index contributed by atoms with van der Waals surface area (Å²) >= 11 is 0. The Morgan fingerprint density at radius 1 is 1.47 bits per heavy atom. The van der Waals surface area contributed by atoms with Crippen molar-refractivity contribution in [1.82, 2.24) is 0 Å². The van der Waals surface area contributed by atoms with Crippen molar-refractivity contribution in [2.24, 2.45) is 0 Å². The van der Waals surface area contributed by atoms with Gasteiger partial charge in [-0.25, -0.2) is 0 Å². The molecule has 3 rings (SSSR count). The number of aliphatic hydroxyl groups is 1. The summed E-state index contributed by atoms with van der Waals surface area (Å²) in [4.78, 5) is 0. The van der Waals surface area contributed by atoms with Gasteiger partial charge >= 0.3 is 0 Å².